The summed E-state index contributed by atoms with van der Waals surface area (Å²) in [6.07, 6.45) is 0.663. The molecule has 124 valence electrons. The Bertz CT molecular complexity index is 470. The molecule has 8 nitrogen and oxygen atoms in total. The lowest BCUT2D eigenvalue weighted by molar-refractivity contribution is -0.141. The largest absolute Gasteiger partial charge is 0.356 e. The third kappa shape index (κ3) is 5.44. The Labute approximate surface area is 129 Å². The third-order valence-electron chi connectivity index (χ3n) is 3.23. The average molecular weight is 312 g/mol. The van der Waals surface area contributed by atoms with Crippen LogP contribution in [0.3, 0.4) is 0 Å². The van der Waals surface area contributed by atoms with E-state index in [1.807, 2.05) is 0 Å². The SMILES string of the molecule is CC(C)(C)NC(=O)C(=O)[C@H](C[C@@H]1CCNC1=O)NC(=O)CN. The van der Waals surface area contributed by atoms with E-state index in [1.165, 1.54) is 0 Å². The second kappa shape index (κ2) is 7.35. The number of rotatable bonds is 6. The minimum absolute atomic E-state index is 0.0912. The lowest BCUT2D eigenvalue weighted by Crippen LogP contribution is -2.53. The van der Waals surface area contributed by atoms with Crippen molar-refractivity contribution in [3.8, 4) is 0 Å². The number of carbonyl (C=O) groups is 4. The van der Waals surface area contributed by atoms with Gasteiger partial charge in [0.2, 0.25) is 17.6 Å². The van der Waals surface area contributed by atoms with Gasteiger partial charge in [0, 0.05) is 18.0 Å². The molecule has 22 heavy (non-hydrogen) atoms. The Morgan fingerprint density at radius 3 is 2.45 bits per heavy atom. The van der Waals surface area contributed by atoms with Gasteiger partial charge in [-0.05, 0) is 33.6 Å². The molecule has 1 saturated heterocycles. The topological polar surface area (TPSA) is 130 Å². The molecule has 0 aliphatic carbocycles. The molecule has 2 atom stereocenters. The summed E-state index contributed by atoms with van der Waals surface area (Å²) in [5.74, 6) is -2.66. The van der Waals surface area contributed by atoms with Crippen LogP contribution in [0.5, 0.6) is 0 Å². The minimum atomic E-state index is -1.05. The van der Waals surface area contributed by atoms with Crippen molar-refractivity contribution in [2.45, 2.75) is 45.2 Å². The Hall–Kier alpha value is -1.96. The van der Waals surface area contributed by atoms with E-state index in [1.54, 1.807) is 20.8 Å². The molecule has 8 heteroatoms. The van der Waals surface area contributed by atoms with Gasteiger partial charge in [-0.2, -0.15) is 0 Å². The quantitative estimate of drug-likeness (QED) is 0.441. The maximum atomic E-state index is 12.3. The molecule has 1 heterocycles. The molecule has 0 aromatic heterocycles. The zero-order valence-electron chi connectivity index (χ0n) is 13.2. The van der Waals surface area contributed by atoms with Crippen LogP contribution in [0.15, 0.2) is 0 Å². The van der Waals surface area contributed by atoms with Crippen LogP contribution in [-0.4, -0.2) is 48.2 Å². The van der Waals surface area contributed by atoms with Crippen molar-refractivity contribution in [2.75, 3.05) is 13.1 Å². The number of hydrogen-bond donors (Lipinski definition) is 4. The van der Waals surface area contributed by atoms with Crippen LogP contribution >= 0.6 is 0 Å². The van der Waals surface area contributed by atoms with Gasteiger partial charge in [0.1, 0.15) is 0 Å². The summed E-state index contributed by atoms with van der Waals surface area (Å²) < 4.78 is 0. The lowest BCUT2D eigenvalue weighted by Gasteiger charge is -2.23. The molecule has 0 spiro atoms. The van der Waals surface area contributed by atoms with Crippen LogP contribution in [0.2, 0.25) is 0 Å². The Morgan fingerprint density at radius 1 is 1.36 bits per heavy atom. The molecule has 1 fully saturated rings. The number of amides is 3. The zero-order valence-corrected chi connectivity index (χ0v) is 13.2. The van der Waals surface area contributed by atoms with Crippen LogP contribution in [0.4, 0.5) is 0 Å². The molecule has 3 amide bonds. The molecular formula is C14H24N4O4. The van der Waals surface area contributed by atoms with Gasteiger partial charge in [-0.1, -0.05) is 0 Å². The fourth-order valence-corrected chi connectivity index (χ4v) is 2.20. The summed E-state index contributed by atoms with van der Waals surface area (Å²) >= 11 is 0. The monoisotopic (exact) mass is 312 g/mol. The van der Waals surface area contributed by atoms with E-state index >= 15 is 0 Å². The van der Waals surface area contributed by atoms with Gasteiger partial charge < -0.3 is 21.7 Å². The molecule has 0 aromatic carbocycles. The van der Waals surface area contributed by atoms with Crippen LogP contribution < -0.4 is 21.7 Å². The average Bonchev–Trinajstić information content (AvgIpc) is 2.80. The number of nitrogens with one attached hydrogen (secondary N) is 3. The first-order valence-electron chi connectivity index (χ1n) is 7.27. The van der Waals surface area contributed by atoms with Gasteiger partial charge in [-0.15, -0.1) is 0 Å². The first kappa shape index (κ1) is 18.1. The van der Waals surface area contributed by atoms with Crippen LogP contribution in [0.1, 0.15) is 33.6 Å². The standard InChI is InChI=1S/C14H24N4O4/c1-14(2,3)18-13(22)11(20)9(17-10(19)7-15)6-8-4-5-16-12(8)21/h8-9H,4-7,15H2,1-3H3,(H,16,21)(H,17,19)(H,18,22)/t8-,9-/m0/s1. The maximum Gasteiger partial charge on any atom is 0.290 e. The van der Waals surface area contributed by atoms with E-state index in [2.05, 4.69) is 16.0 Å². The van der Waals surface area contributed by atoms with Gasteiger partial charge in [-0.25, -0.2) is 0 Å². The molecule has 0 aromatic rings. The van der Waals surface area contributed by atoms with Crippen molar-refractivity contribution in [3.05, 3.63) is 0 Å². The molecule has 5 N–H and O–H groups in total. The summed E-state index contributed by atoms with van der Waals surface area (Å²) in [4.78, 5) is 47.3. The smallest absolute Gasteiger partial charge is 0.290 e. The highest BCUT2D eigenvalue weighted by Crippen LogP contribution is 2.17. The predicted molar refractivity (Wildman–Crippen MR) is 79.6 cm³/mol. The minimum Gasteiger partial charge on any atom is -0.356 e. The van der Waals surface area contributed by atoms with Crippen LogP contribution in [-0.2, 0) is 19.2 Å². The number of hydrogen-bond acceptors (Lipinski definition) is 5. The zero-order chi connectivity index (χ0) is 16.9. The van der Waals surface area contributed by atoms with Crippen molar-refractivity contribution in [2.24, 2.45) is 11.7 Å². The van der Waals surface area contributed by atoms with Crippen molar-refractivity contribution in [3.63, 3.8) is 0 Å². The lowest BCUT2D eigenvalue weighted by atomic mass is 9.95. The van der Waals surface area contributed by atoms with Gasteiger partial charge in [0.25, 0.3) is 5.91 Å². The summed E-state index contributed by atoms with van der Waals surface area (Å²) in [7, 11) is 0. The second-order valence-corrected chi connectivity index (χ2v) is 6.40. The highest BCUT2D eigenvalue weighted by atomic mass is 16.2. The molecule has 0 radical (unpaired) electrons. The first-order valence-corrected chi connectivity index (χ1v) is 7.27. The Morgan fingerprint density at radius 2 is 2.00 bits per heavy atom. The van der Waals surface area contributed by atoms with E-state index in [-0.39, 0.29) is 18.9 Å². The Kier molecular flexibility index (Phi) is 6.04. The first-order chi connectivity index (χ1) is 10.1. The molecule has 0 unspecified atom stereocenters. The summed E-state index contributed by atoms with van der Waals surface area (Å²) in [5.41, 5.74) is 4.66. The molecule has 0 saturated carbocycles. The van der Waals surface area contributed by atoms with E-state index in [4.69, 9.17) is 5.73 Å². The fourth-order valence-electron chi connectivity index (χ4n) is 2.20. The summed E-state index contributed by atoms with van der Waals surface area (Å²) in [5, 5.41) is 7.64. The number of ketones is 1. The highest BCUT2D eigenvalue weighted by Gasteiger charge is 2.34. The van der Waals surface area contributed by atoms with E-state index < -0.39 is 35.1 Å². The molecule has 0 bridgehead atoms. The van der Waals surface area contributed by atoms with Crippen LogP contribution in [0, 0.1) is 5.92 Å². The number of Topliss-reactive ketones (excluding diaryl/α,β-unsaturated/α-hetero) is 1. The van der Waals surface area contributed by atoms with Crippen molar-refractivity contribution < 1.29 is 19.2 Å². The molecule has 1 rings (SSSR count). The van der Waals surface area contributed by atoms with Gasteiger partial charge >= 0.3 is 0 Å². The van der Waals surface area contributed by atoms with Gasteiger partial charge in [0.05, 0.1) is 12.6 Å². The fraction of sp³-hybridized carbons (Fsp3) is 0.714. The summed E-state index contributed by atoms with van der Waals surface area (Å²) in [6.45, 7) is 5.48. The van der Waals surface area contributed by atoms with Crippen LogP contribution in [0.25, 0.3) is 0 Å². The molecule has 1 aliphatic heterocycles. The number of nitrogens with two attached hydrogens (primary N) is 1. The van der Waals surface area contributed by atoms with E-state index in [0.29, 0.717) is 13.0 Å². The van der Waals surface area contributed by atoms with Crippen molar-refractivity contribution in [1.29, 1.82) is 0 Å². The maximum absolute atomic E-state index is 12.3. The van der Waals surface area contributed by atoms with E-state index in [9.17, 15) is 19.2 Å². The summed E-state index contributed by atoms with van der Waals surface area (Å²) in [6, 6.07) is -1.05. The number of carbonyl (C=O) groups excluding carboxylic acids is 4. The molecular weight excluding hydrogens is 288 g/mol. The normalized spacial score (nSPS) is 19.3. The third-order valence-corrected chi connectivity index (χ3v) is 3.23. The van der Waals surface area contributed by atoms with Crippen molar-refractivity contribution >= 4 is 23.5 Å². The van der Waals surface area contributed by atoms with Crippen molar-refractivity contribution in [1.82, 2.24) is 16.0 Å². The predicted octanol–water partition coefficient (Wildman–Crippen LogP) is -1.56. The van der Waals surface area contributed by atoms with Gasteiger partial charge in [0.15, 0.2) is 0 Å². The van der Waals surface area contributed by atoms with E-state index in [0.717, 1.165) is 0 Å². The van der Waals surface area contributed by atoms with Gasteiger partial charge in [-0.3, -0.25) is 19.2 Å². The Balaban J connectivity index is 2.79. The molecule has 1 aliphatic rings. The highest BCUT2D eigenvalue weighted by molar-refractivity contribution is 6.38. The second-order valence-electron chi connectivity index (χ2n) is 6.40.